The summed E-state index contributed by atoms with van der Waals surface area (Å²) in [5.74, 6) is -2.00. The number of aliphatic hydroxyl groups is 3. The first-order valence-electron chi connectivity index (χ1n) is 16.7. The zero-order chi connectivity index (χ0) is 35.3. The SMILES string of the molecule is CO[C@@H]1[C@H](O)[C@@H](C)O[C@@H](OC[C@H]2[C@@H]3O[C@@H]3/C=C/C(=O)[C@@](C)(O)CC[C@H](O[C@@H]3O[C@H](C)C[C@H](OC)[C@H]3O)[C@@H](C)/C=C/C(=O)O[C@@H]2C)[C@@H]1OC. The van der Waals surface area contributed by atoms with E-state index in [1.165, 1.54) is 40.4 Å². The number of cyclic esters (lactones) is 1. The summed E-state index contributed by atoms with van der Waals surface area (Å²) < 4.78 is 52.3. The number of epoxide rings is 1. The molecule has 0 aromatic rings. The van der Waals surface area contributed by atoms with Crippen molar-refractivity contribution in [3.8, 4) is 0 Å². The number of hydrogen-bond acceptors (Lipinski definition) is 14. The van der Waals surface area contributed by atoms with Crippen molar-refractivity contribution in [2.75, 3.05) is 27.9 Å². The van der Waals surface area contributed by atoms with E-state index in [1.807, 2.05) is 13.8 Å². The van der Waals surface area contributed by atoms with Gasteiger partial charge in [-0.25, -0.2) is 4.79 Å². The van der Waals surface area contributed by atoms with Crippen molar-refractivity contribution in [2.24, 2.45) is 11.8 Å². The number of carbonyl (C=O) groups is 2. The van der Waals surface area contributed by atoms with E-state index < -0.39 is 103 Å². The van der Waals surface area contributed by atoms with Crippen LogP contribution in [0.1, 0.15) is 53.9 Å². The van der Waals surface area contributed by atoms with E-state index >= 15 is 0 Å². The molecule has 0 unspecified atom stereocenters. The van der Waals surface area contributed by atoms with Gasteiger partial charge in [0.15, 0.2) is 18.4 Å². The van der Waals surface area contributed by atoms with Gasteiger partial charge in [-0.3, -0.25) is 4.79 Å². The second kappa shape index (κ2) is 16.9. The van der Waals surface area contributed by atoms with Crippen LogP contribution >= 0.6 is 0 Å². The fraction of sp³-hybridized carbons (Fsp3) is 0.824. The summed E-state index contributed by atoms with van der Waals surface area (Å²) in [6, 6.07) is 0. The number of esters is 1. The standard InChI is InChI=1S/C34H54O14/c1-17-9-12-26(36)45-19(3)21(16-43-33-31(42-8)30(41-7)27(37)20(4)46-33)29-23(47-29)10-11-25(35)34(5,39)14-13-22(17)48-32-28(38)24(40-6)15-18(2)44-32/h9-12,17-24,27-33,37-39H,13-16H2,1-8H3/b11-10+,12-9+/t17-,18+,19+,20+,21+,22-,23+,24-,27+,28+,29-,30+,31+,32-,33+,34-/m0/s1. The van der Waals surface area contributed by atoms with Gasteiger partial charge in [0.2, 0.25) is 0 Å². The van der Waals surface area contributed by atoms with Crippen LogP contribution < -0.4 is 0 Å². The minimum absolute atomic E-state index is 0.0273. The Hall–Kier alpha value is -1.82. The van der Waals surface area contributed by atoms with Crippen molar-refractivity contribution in [1.82, 2.24) is 0 Å². The van der Waals surface area contributed by atoms with Crippen molar-refractivity contribution in [3.05, 3.63) is 24.3 Å². The molecule has 4 aliphatic rings. The van der Waals surface area contributed by atoms with Gasteiger partial charge in [-0.15, -0.1) is 0 Å². The first kappa shape index (κ1) is 39.0. The molecule has 0 radical (unpaired) electrons. The monoisotopic (exact) mass is 686 g/mol. The van der Waals surface area contributed by atoms with E-state index in [2.05, 4.69) is 0 Å². The molecule has 4 rings (SSSR count). The maximum absolute atomic E-state index is 13.2. The van der Waals surface area contributed by atoms with Crippen molar-refractivity contribution >= 4 is 11.8 Å². The molecule has 0 aromatic heterocycles. The second-order valence-electron chi connectivity index (χ2n) is 13.5. The number of fused-ring (bicyclic) bond motifs is 1. The van der Waals surface area contributed by atoms with Crippen LogP contribution in [0.2, 0.25) is 0 Å². The number of methoxy groups -OCH3 is 3. The van der Waals surface area contributed by atoms with Gasteiger partial charge in [-0.2, -0.15) is 0 Å². The average Bonchev–Trinajstić information content (AvgIpc) is 3.81. The molecule has 4 aliphatic heterocycles. The molecule has 3 saturated heterocycles. The molecular formula is C34H54O14. The molecule has 48 heavy (non-hydrogen) atoms. The lowest BCUT2D eigenvalue weighted by atomic mass is 9.89. The highest BCUT2D eigenvalue weighted by atomic mass is 16.7. The van der Waals surface area contributed by atoms with Crippen LogP contribution in [0.15, 0.2) is 24.3 Å². The van der Waals surface area contributed by atoms with Gasteiger partial charge in [0.25, 0.3) is 0 Å². The van der Waals surface area contributed by atoms with E-state index in [9.17, 15) is 24.9 Å². The zero-order valence-corrected chi connectivity index (χ0v) is 29.1. The quantitative estimate of drug-likeness (QED) is 0.245. The van der Waals surface area contributed by atoms with Gasteiger partial charge in [0.05, 0.1) is 37.1 Å². The Morgan fingerprint density at radius 1 is 0.854 bits per heavy atom. The lowest BCUT2D eigenvalue weighted by Crippen LogP contribution is -2.59. The number of aliphatic hydroxyl groups excluding tert-OH is 2. The Bertz CT molecular complexity index is 1130. The van der Waals surface area contributed by atoms with Gasteiger partial charge in [-0.05, 0) is 52.7 Å². The molecule has 0 aromatic carbocycles. The number of carbonyl (C=O) groups excluding carboxylic acids is 2. The maximum atomic E-state index is 13.2. The van der Waals surface area contributed by atoms with Crippen molar-refractivity contribution in [2.45, 2.75) is 139 Å². The van der Waals surface area contributed by atoms with Gasteiger partial charge in [-0.1, -0.05) is 13.0 Å². The molecule has 3 N–H and O–H groups in total. The highest BCUT2D eigenvalue weighted by molar-refractivity contribution is 5.96. The van der Waals surface area contributed by atoms with Crippen LogP contribution in [0.5, 0.6) is 0 Å². The molecular weight excluding hydrogens is 632 g/mol. The molecule has 3 fully saturated rings. The third-order valence-electron chi connectivity index (χ3n) is 9.85. The summed E-state index contributed by atoms with van der Waals surface area (Å²) in [5, 5.41) is 32.5. The summed E-state index contributed by atoms with van der Waals surface area (Å²) in [4.78, 5) is 26.3. The average molecular weight is 687 g/mol. The van der Waals surface area contributed by atoms with E-state index in [0.717, 1.165) is 0 Å². The summed E-state index contributed by atoms with van der Waals surface area (Å²) in [7, 11) is 4.45. The Labute approximate surface area is 282 Å². The number of rotatable bonds is 8. The van der Waals surface area contributed by atoms with Gasteiger partial charge < -0.3 is 58.0 Å². The van der Waals surface area contributed by atoms with E-state index in [1.54, 1.807) is 26.0 Å². The molecule has 0 amide bonds. The van der Waals surface area contributed by atoms with E-state index in [-0.39, 0.29) is 25.6 Å². The third kappa shape index (κ3) is 9.49. The molecule has 16 atom stereocenters. The highest BCUT2D eigenvalue weighted by Gasteiger charge is 2.49. The van der Waals surface area contributed by atoms with Gasteiger partial charge in [0.1, 0.15) is 42.2 Å². The minimum atomic E-state index is -1.72. The number of ether oxygens (including phenoxy) is 9. The van der Waals surface area contributed by atoms with Crippen LogP contribution in [0, 0.1) is 11.8 Å². The maximum Gasteiger partial charge on any atom is 0.330 e. The summed E-state index contributed by atoms with van der Waals surface area (Å²) in [6.07, 6.45) is -2.35. The van der Waals surface area contributed by atoms with Gasteiger partial charge in [0, 0.05) is 45.7 Å². The highest BCUT2D eigenvalue weighted by Crippen LogP contribution is 2.36. The van der Waals surface area contributed by atoms with Crippen LogP contribution in [-0.2, 0) is 52.2 Å². The normalized spacial score (nSPS) is 47.5. The van der Waals surface area contributed by atoms with Crippen molar-refractivity contribution < 1.29 is 67.5 Å². The topological polar surface area (TPSA) is 181 Å². The first-order valence-corrected chi connectivity index (χ1v) is 16.7. The van der Waals surface area contributed by atoms with Crippen molar-refractivity contribution in [3.63, 3.8) is 0 Å². The lowest BCUT2D eigenvalue weighted by molar-refractivity contribution is -0.305. The Kier molecular flexibility index (Phi) is 13.7. The summed E-state index contributed by atoms with van der Waals surface area (Å²) in [5.41, 5.74) is -1.72. The molecule has 14 heteroatoms. The fourth-order valence-corrected chi connectivity index (χ4v) is 6.53. The Balaban J connectivity index is 1.53. The van der Waals surface area contributed by atoms with Crippen molar-refractivity contribution in [1.29, 1.82) is 0 Å². The number of hydrogen-bond donors (Lipinski definition) is 3. The molecule has 0 saturated carbocycles. The Morgan fingerprint density at radius 3 is 2.23 bits per heavy atom. The largest absolute Gasteiger partial charge is 0.459 e. The molecule has 14 nitrogen and oxygen atoms in total. The predicted molar refractivity (Wildman–Crippen MR) is 169 cm³/mol. The Morgan fingerprint density at radius 2 is 1.56 bits per heavy atom. The van der Waals surface area contributed by atoms with Gasteiger partial charge >= 0.3 is 5.97 Å². The second-order valence-corrected chi connectivity index (χ2v) is 13.5. The van der Waals surface area contributed by atoms with Crippen LogP contribution in [-0.4, -0.2) is 140 Å². The molecule has 4 heterocycles. The number of ketones is 1. The first-order chi connectivity index (χ1) is 22.7. The van der Waals surface area contributed by atoms with E-state index in [0.29, 0.717) is 6.42 Å². The zero-order valence-electron chi connectivity index (χ0n) is 29.1. The van der Waals surface area contributed by atoms with Crippen LogP contribution in [0.25, 0.3) is 0 Å². The minimum Gasteiger partial charge on any atom is -0.459 e. The smallest absolute Gasteiger partial charge is 0.330 e. The van der Waals surface area contributed by atoms with Crippen LogP contribution in [0.4, 0.5) is 0 Å². The van der Waals surface area contributed by atoms with Crippen LogP contribution in [0.3, 0.4) is 0 Å². The lowest BCUT2D eigenvalue weighted by Gasteiger charge is -2.42. The molecule has 0 spiro atoms. The summed E-state index contributed by atoms with van der Waals surface area (Å²) >= 11 is 0. The summed E-state index contributed by atoms with van der Waals surface area (Å²) in [6.45, 7) is 8.58. The molecule has 0 bridgehead atoms. The van der Waals surface area contributed by atoms with E-state index in [4.69, 9.17) is 42.6 Å². The predicted octanol–water partition coefficient (Wildman–Crippen LogP) is 1.21. The fourth-order valence-electron chi connectivity index (χ4n) is 6.53. The third-order valence-corrected chi connectivity index (χ3v) is 9.85. The molecule has 274 valence electrons. The molecule has 0 aliphatic carbocycles.